The van der Waals surface area contributed by atoms with E-state index in [9.17, 15) is 0 Å². The number of halogens is 1. The molecule has 0 N–H and O–H groups in total. The Morgan fingerprint density at radius 1 is 1.23 bits per heavy atom. The highest BCUT2D eigenvalue weighted by Crippen LogP contribution is 2.17. The van der Waals surface area contributed by atoms with Crippen molar-refractivity contribution >= 4 is 23.4 Å². The van der Waals surface area contributed by atoms with E-state index < -0.39 is 0 Å². The Labute approximate surface area is 89.7 Å². The number of hydrogen-bond donors (Lipinski definition) is 0. The van der Waals surface area contributed by atoms with Crippen LogP contribution in [0.3, 0.4) is 0 Å². The summed E-state index contributed by atoms with van der Waals surface area (Å²) in [6.45, 7) is 4.49. The lowest BCUT2D eigenvalue weighted by Crippen LogP contribution is -1.91. The van der Waals surface area contributed by atoms with Crippen molar-refractivity contribution in [1.82, 2.24) is 0 Å². The normalized spacial score (nSPS) is 10.8. The van der Waals surface area contributed by atoms with Crippen LogP contribution in [0.4, 0.5) is 0 Å². The highest BCUT2D eigenvalue weighted by Gasteiger charge is 1.96. The third-order valence-corrected chi connectivity index (χ3v) is 3.32. The number of rotatable bonds is 4. The van der Waals surface area contributed by atoms with Gasteiger partial charge in [0.2, 0.25) is 0 Å². The molecule has 72 valence electrons. The van der Waals surface area contributed by atoms with Gasteiger partial charge in [0.05, 0.1) is 0 Å². The maximum Gasteiger partial charge on any atom is 0.0406 e. The summed E-state index contributed by atoms with van der Waals surface area (Å²) in [4.78, 5) is 0. The first-order chi connectivity index (χ1) is 6.18. The fourth-order valence-electron chi connectivity index (χ4n) is 0.993. The Bertz CT molecular complexity index is 241. The van der Waals surface area contributed by atoms with Gasteiger partial charge in [-0.2, -0.15) is 11.8 Å². The quantitative estimate of drug-likeness (QED) is 0.723. The van der Waals surface area contributed by atoms with Crippen LogP contribution in [-0.4, -0.2) is 5.75 Å². The molecule has 0 aromatic heterocycles. The smallest absolute Gasteiger partial charge is 0.0406 e. The average molecular weight is 215 g/mol. The summed E-state index contributed by atoms with van der Waals surface area (Å²) in [5.74, 6) is 3.09. The lowest BCUT2D eigenvalue weighted by Gasteiger charge is -2.04. The van der Waals surface area contributed by atoms with Crippen LogP contribution in [0.1, 0.15) is 19.4 Å². The molecule has 0 saturated heterocycles. The van der Waals surface area contributed by atoms with Gasteiger partial charge in [-0.25, -0.2) is 0 Å². The van der Waals surface area contributed by atoms with Crippen LogP contribution in [0.25, 0.3) is 0 Å². The van der Waals surface area contributed by atoms with Crippen LogP contribution in [0.15, 0.2) is 24.3 Å². The molecule has 0 radical (unpaired) electrons. The first kappa shape index (κ1) is 10.9. The fourth-order valence-corrected chi connectivity index (χ4v) is 2.14. The minimum atomic E-state index is 0.775. The van der Waals surface area contributed by atoms with Crippen molar-refractivity contribution in [3.8, 4) is 0 Å². The van der Waals surface area contributed by atoms with Gasteiger partial charge >= 0.3 is 0 Å². The number of hydrogen-bond acceptors (Lipinski definition) is 1. The SMILES string of the molecule is CC(C)CSCc1ccc(Cl)cc1. The second kappa shape index (κ2) is 5.56. The van der Waals surface area contributed by atoms with Gasteiger partial charge in [0.15, 0.2) is 0 Å². The van der Waals surface area contributed by atoms with Crippen molar-refractivity contribution in [1.29, 1.82) is 0 Å². The molecule has 0 aliphatic heterocycles. The van der Waals surface area contributed by atoms with Crippen LogP contribution in [-0.2, 0) is 5.75 Å². The van der Waals surface area contributed by atoms with E-state index in [2.05, 4.69) is 26.0 Å². The molecule has 1 rings (SSSR count). The zero-order chi connectivity index (χ0) is 9.68. The van der Waals surface area contributed by atoms with Gasteiger partial charge < -0.3 is 0 Å². The Balaban J connectivity index is 2.33. The molecule has 0 aliphatic carbocycles. The van der Waals surface area contributed by atoms with Crippen LogP contribution in [0.2, 0.25) is 5.02 Å². The topological polar surface area (TPSA) is 0 Å². The molecular weight excluding hydrogens is 200 g/mol. The highest BCUT2D eigenvalue weighted by atomic mass is 35.5. The molecule has 0 atom stereocenters. The van der Waals surface area contributed by atoms with Gasteiger partial charge in [-0.3, -0.25) is 0 Å². The summed E-state index contributed by atoms with van der Waals surface area (Å²) in [5.41, 5.74) is 1.36. The minimum Gasteiger partial charge on any atom is -0.157 e. The maximum absolute atomic E-state index is 5.79. The van der Waals surface area contributed by atoms with Gasteiger partial charge in [0.1, 0.15) is 0 Å². The molecule has 0 spiro atoms. The molecule has 0 aliphatic rings. The van der Waals surface area contributed by atoms with E-state index in [1.54, 1.807) is 0 Å². The molecule has 0 amide bonds. The number of benzene rings is 1. The van der Waals surface area contributed by atoms with Gasteiger partial charge in [0.25, 0.3) is 0 Å². The zero-order valence-corrected chi connectivity index (χ0v) is 9.66. The van der Waals surface area contributed by atoms with Crippen molar-refractivity contribution in [3.05, 3.63) is 34.9 Å². The largest absolute Gasteiger partial charge is 0.157 e. The van der Waals surface area contributed by atoms with Gasteiger partial charge in [-0.1, -0.05) is 37.6 Å². The molecule has 0 nitrogen and oxygen atoms in total. The minimum absolute atomic E-state index is 0.775. The Kier molecular flexibility index (Phi) is 4.68. The van der Waals surface area contributed by atoms with Crippen molar-refractivity contribution in [2.24, 2.45) is 5.92 Å². The fraction of sp³-hybridized carbons (Fsp3) is 0.455. The average Bonchev–Trinajstić information content (AvgIpc) is 2.08. The molecule has 1 aromatic carbocycles. The predicted molar refractivity (Wildman–Crippen MR) is 62.5 cm³/mol. The second-order valence-electron chi connectivity index (χ2n) is 3.54. The highest BCUT2D eigenvalue weighted by molar-refractivity contribution is 7.98. The van der Waals surface area contributed by atoms with Crippen molar-refractivity contribution in [2.45, 2.75) is 19.6 Å². The van der Waals surface area contributed by atoms with Gasteiger partial charge in [-0.15, -0.1) is 0 Å². The zero-order valence-electron chi connectivity index (χ0n) is 8.09. The van der Waals surface area contributed by atoms with Crippen LogP contribution >= 0.6 is 23.4 Å². The molecular formula is C11H15ClS. The lowest BCUT2D eigenvalue weighted by atomic mass is 10.2. The standard InChI is InChI=1S/C11H15ClS/c1-9(2)7-13-8-10-3-5-11(12)6-4-10/h3-6,9H,7-8H2,1-2H3. The van der Waals surface area contributed by atoms with Crippen LogP contribution in [0.5, 0.6) is 0 Å². The van der Waals surface area contributed by atoms with Crippen molar-refractivity contribution in [2.75, 3.05) is 5.75 Å². The second-order valence-corrected chi connectivity index (χ2v) is 5.00. The van der Waals surface area contributed by atoms with E-state index in [-0.39, 0.29) is 0 Å². The van der Waals surface area contributed by atoms with E-state index in [4.69, 9.17) is 11.6 Å². The third-order valence-electron chi connectivity index (χ3n) is 1.63. The summed E-state index contributed by atoms with van der Waals surface area (Å²) >= 11 is 7.77. The Morgan fingerprint density at radius 2 is 1.85 bits per heavy atom. The van der Waals surface area contributed by atoms with E-state index in [1.807, 2.05) is 23.9 Å². The van der Waals surface area contributed by atoms with Crippen molar-refractivity contribution in [3.63, 3.8) is 0 Å². The maximum atomic E-state index is 5.79. The van der Waals surface area contributed by atoms with Gasteiger partial charge in [-0.05, 0) is 29.4 Å². The molecule has 2 heteroatoms. The monoisotopic (exact) mass is 214 g/mol. The first-order valence-corrected chi connectivity index (χ1v) is 6.04. The molecule has 0 unspecified atom stereocenters. The van der Waals surface area contributed by atoms with E-state index in [0.717, 1.165) is 16.7 Å². The molecule has 0 saturated carbocycles. The Morgan fingerprint density at radius 3 is 2.38 bits per heavy atom. The van der Waals surface area contributed by atoms with Gasteiger partial charge in [0, 0.05) is 10.8 Å². The molecule has 0 bridgehead atoms. The third kappa shape index (κ3) is 4.58. The van der Waals surface area contributed by atoms with E-state index in [1.165, 1.54) is 11.3 Å². The summed E-state index contributed by atoms with van der Waals surface area (Å²) in [6, 6.07) is 8.09. The van der Waals surface area contributed by atoms with E-state index in [0.29, 0.717) is 0 Å². The predicted octanol–water partition coefficient (Wildman–Crippen LogP) is 4.23. The summed E-state index contributed by atoms with van der Waals surface area (Å²) in [5, 5.41) is 0.817. The van der Waals surface area contributed by atoms with Crippen LogP contribution in [0, 0.1) is 5.92 Å². The Hall–Kier alpha value is -0.140. The summed E-state index contributed by atoms with van der Waals surface area (Å²) < 4.78 is 0. The molecule has 13 heavy (non-hydrogen) atoms. The van der Waals surface area contributed by atoms with E-state index >= 15 is 0 Å². The lowest BCUT2D eigenvalue weighted by molar-refractivity contribution is 0.750. The summed E-state index contributed by atoms with van der Waals surface area (Å²) in [7, 11) is 0. The molecule has 1 aromatic rings. The molecule has 0 fully saturated rings. The van der Waals surface area contributed by atoms with Crippen molar-refractivity contribution < 1.29 is 0 Å². The molecule has 0 heterocycles. The summed E-state index contributed by atoms with van der Waals surface area (Å²) in [6.07, 6.45) is 0. The first-order valence-electron chi connectivity index (χ1n) is 4.50. The van der Waals surface area contributed by atoms with Crippen LogP contribution < -0.4 is 0 Å². The number of thioether (sulfide) groups is 1.